The fourth-order valence-electron chi connectivity index (χ4n) is 1.53. The van der Waals surface area contributed by atoms with E-state index in [-0.39, 0.29) is 5.75 Å². The van der Waals surface area contributed by atoms with E-state index in [0.29, 0.717) is 0 Å². The molecule has 2 aromatic rings. The maximum Gasteiger partial charge on any atom is 0.117 e. The Kier molecular flexibility index (Phi) is 2.60. The second kappa shape index (κ2) is 3.90. The second-order valence-electron chi connectivity index (χ2n) is 3.91. The van der Waals surface area contributed by atoms with E-state index in [1.807, 2.05) is 31.0 Å². The number of likely N-dealkylation sites (N-methyl/N-ethyl adjacent to an activating group) is 1. The highest BCUT2D eigenvalue weighted by molar-refractivity contribution is 5.79. The van der Waals surface area contributed by atoms with E-state index in [4.69, 9.17) is 0 Å². The summed E-state index contributed by atoms with van der Waals surface area (Å²) in [6, 6.07) is 5.31. The molecule has 0 spiro atoms. The molecule has 0 amide bonds. The first-order valence-corrected chi connectivity index (χ1v) is 4.96. The molecule has 1 N–H and O–H groups in total. The van der Waals surface area contributed by atoms with Gasteiger partial charge >= 0.3 is 0 Å². The Bertz CT molecular complexity index is 462. The summed E-state index contributed by atoms with van der Waals surface area (Å²) < 4.78 is 1.91. The molecule has 80 valence electrons. The molecular formula is C11H15N3O. The standard InChI is InChI=1S/C11H15N3O/c1-13(2)5-6-14-11-7-10(15)4-3-9(11)8-12-14/h3-4,7-8,15H,5-6H2,1-2H3. The molecule has 15 heavy (non-hydrogen) atoms. The molecule has 0 radical (unpaired) electrons. The van der Waals surface area contributed by atoms with Gasteiger partial charge in [-0.05, 0) is 26.2 Å². The molecule has 0 saturated carbocycles. The SMILES string of the molecule is CN(C)CCn1ncc2ccc(O)cc21. The van der Waals surface area contributed by atoms with Crippen molar-refractivity contribution in [1.29, 1.82) is 0 Å². The highest BCUT2D eigenvalue weighted by Crippen LogP contribution is 2.19. The van der Waals surface area contributed by atoms with Gasteiger partial charge in [0.2, 0.25) is 0 Å². The molecular weight excluding hydrogens is 190 g/mol. The third kappa shape index (κ3) is 2.10. The van der Waals surface area contributed by atoms with E-state index < -0.39 is 0 Å². The maximum atomic E-state index is 9.40. The smallest absolute Gasteiger partial charge is 0.117 e. The molecule has 0 atom stereocenters. The van der Waals surface area contributed by atoms with E-state index in [1.54, 1.807) is 12.1 Å². The van der Waals surface area contributed by atoms with Gasteiger partial charge in [0.15, 0.2) is 0 Å². The summed E-state index contributed by atoms with van der Waals surface area (Å²) in [4.78, 5) is 2.11. The molecule has 0 saturated heterocycles. The van der Waals surface area contributed by atoms with Gasteiger partial charge in [-0.25, -0.2) is 0 Å². The molecule has 1 heterocycles. The van der Waals surface area contributed by atoms with Crippen molar-refractivity contribution in [2.45, 2.75) is 6.54 Å². The topological polar surface area (TPSA) is 41.3 Å². The van der Waals surface area contributed by atoms with Crippen LogP contribution in [-0.4, -0.2) is 40.4 Å². The van der Waals surface area contributed by atoms with E-state index in [2.05, 4.69) is 10.00 Å². The number of hydrogen-bond acceptors (Lipinski definition) is 3. The quantitative estimate of drug-likeness (QED) is 0.821. The lowest BCUT2D eigenvalue weighted by atomic mass is 10.2. The summed E-state index contributed by atoms with van der Waals surface area (Å²) in [7, 11) is 4.06. The van der Waals surface area contributed by atoms with Gasteiger partial charge in [-0.15, -0.1) is 0 Å². The maximum absolute atomic E-state index is 9.40. The van der Waals surface area contributed by atoms with Crippen molar-refractivity contribution in [2.24, 2.45) is 0 Å². The average molecular weight is 205 g/mol. The van der Waals surface area contributed by atoms with Crippen LogP contribution >= 0.6 is 0 Å². The van der Waals surface area contributed by atoms with Crippen molar-refractivity contribution < 1.29 is 5.11 Å². The van der Waals surface area contributed by atoms with Gasteiger partial charge in [0, 0.05) is 18.0 Å². The Balaban J connectivity index is 2.31. The first kappa shape index (κ1) is 9.98. The molecule has 0 unspecified atom stereocenters. The van der Waals surface area contributed by atoms with Crippen LogP contribution in [0.1, 0.15) is 0 Å². The number of hydrogen-bond donors (Lipinski definition) is 1. The Hall–Kier alpha value is -1.55. The van der Waals surface area contributed by atoms with Gasteiger partial charge < -0.3 is 10.0 Å². The number of aromatic nitrogens is 2. The fraction of sp³-hybridized carbons (Fsp3) is 0.364. The van der Waals surface area contributed by atoms with Crippen LogP contribution in [0, 0.1) is 0 Å². The summed E-state index contributed by atoms with van der Waals surface area (Å²) in [5.41, 5.74) is 0.983. The minimum Gasteiger partial charge on any atom is -0.508 e. The van der Waals surface area contributed by atoms with E-state index >= 15 is 0 Å². The van der Waals surface area contributed by atoms with Crippen LogP contribution in [0.5, 0.6) is 5.75 Å². The first-order valence-electron chi connectivity index (χ1n) is 4.96. The number of nitrogens with zero attached hydrogens (tertiary/aromatic N) is 3. The van der Waals surface area contributed by atoms with Crippen LogP contribution in [0.2, 0.25) is 0 Å². The summed E-state index contributed by atoms with van der Waals surface area (Å²) >= 11 is 0. The molecule has 4 heteroatoms. The Morgan fingerprint density at radius 1 is 1.40 bits per heavy atom. The Labute approximate surface area is 88.7 Å². The number of aromatic hydroxyl groups is 1. The van der Waals surface area contributed by atoms with E-state index in [0.717, 1.165) is 24.0 Å². The average Bonchev–Trinajstić information content (AvgIpc) is 2.57. The highest BCUT2D eigenvalue weighted by Gasteiger charge is 2.03. The zero-order chi connectivity index (χ0) is 10.8. The number of phenols is 1. The molecule has 0 fully saturated rings. The van der Waals surface area contributed by atoms with Gasteiger partial charge in [0.05, 0.1) is 18.3 Å². The number of benzene rings is 1. The van der Waals surface area contributed by atoms with Crippen LogP contribution in [0.25, 0.3) is 10.9 Å². The lowest BCUT2D eigenvalue weighted by molar-refractivity contribution is 0.376. The fourth-order valence-corrected chi connectivity index (χ4v) is 1.53. The molecule has 1 aromatic carbocycles. The third-order valence-corrected chi connectivity index (χ3v) is 2.39. The monoisotopic (exact) mass is 205 g/mol. The number of phenolic OH excluding ortho intramolecular Hbond substituents is 1. The second-order valence-corrected chi connectivity index (χ2v) is 3.91. The lowest BCUT2D eigenvalue weighted by Crippen LogP contribution is -2.18. The van der Waals surface area contributed by atoms with Crippen molar-refractivity contribution >= 4 is 10.9 Å². The van der Waals surface area contributed by atoms with Gasteiger partial charge in [-0.1, -0.05) is 0 Å². The largest absolute Gasteiger partial charge is 0.508 e. The highest BCUT2D eigenvalue weighted by atomic mass is 16.3. The molecule has 0 aliphatic heterocycles. The van der Waals surface area contributed by atoms with E-state index in [9.17, 15) is 5.11 Å². The van der Waals surface area contributed by atoms with Crippen molar-refractivity contribution in [3.05, 3.63) is 24.4 Å². The molecule has 4 nitrogen and oxygen atoms in total. The predicted octanol–water partition coefficient (Wildman–Crippen LogP) is 1.30. The van der Waals surface area contributed by atoms with Gasteiger partial charge in [0.1, 0.15) is 5.75 Å². The minimum atomic E-state index is 0.286. The Morgan fingerprint density at radius 3 is 2.93 bits per heavy atom. The van der Waals surface area contributed by atoms with Crippen LogP contribution in [0.15, 0.2) is 24.4 Å². The van der Waals surface area contributed by atoms with Crippen LogP contribution in [-0.2, 0) is 6.54 Å². The molecule has 2 rings (SSSR count). The zero-order valence-corrected chi connectivity index (χ0v) is 9.01. The molecule has 0 aliphatic carbocycles. The first-order chi connectivity index (χ1) is 7.16. The normalized spacial score (nSPS) is 11.4. The van der Waals surface area contributed by atoms with Crippen molar-refractivity contribution in [2.75, 3.05) is 20.6 Å². The van der Waals surface area contributed by atoms with Crippen molar-refractivity contribution in [3.63, 3.8) is 0 Å². The lowest BCUT2D eigenvalue weighted by Gasteiger charge is -2.09. The molecule has 0 aliphatic rings. The van der Waals surface area contributed by atoms with Crippen LogP contribution in [0.3, 0.4) is 0 Å². The third-order valence-electron chi connectivity index (χ3n) is 2.39. The summed E-state index contributed by atoms with van der Waals surface area (Å²) in [5, 5.41) is 14.7. The summed E-state index contributed by atoms with van der Waals surface area (Å²) in [5.74, 6) is 0.286. The number of rotatable bonds is 3. The van der Waals surface area contributed by atoms with E-state index in [1.165, 1.54) is 0 Å². The Morgan fingerprint density at radius 2 is 2.20 bits per heavy atom. The van der Waals surface area contributed by atoms with Crippen LogP contribution in [0.4, 0.5) is 0 Å². The predicted molar refractivity (Wildman–Crippen MR) is 60.0 cm³/mol. The van der Waals surface area contributed by atoms with Gasteiger partial charge in [0.25, 0.3) is 0 Å². The molecule has 1 aromatic heterocycles. The summed E-state index contributed by atoms with van der Waals surface area (Å²) in [6.07, 6.45) is 1.82. The van der Waals surface area contributed by atoms with Crippen LogP contribution < -0.4 is 0 Å². The summed E-state index contributed by atoms with van der Waals surface area (Å²) in [6.45, 7) is 1.77. The van der Waals surface area contributed by atoms with Gasteiger partial charge in [-0.3, -0.25) is 4.68 Å². The minimum absolute atomic E-state index is 0.286. The van der Waals surface area contributed by atoms with Crippen molar-refractivity contribution in [3.8, 4) is 5.75 Å². The zero-order valence-electron chi connectivity index (χ0n) is 9.01. The number of fused-ring (bicyclic) bond motifs is 1. The van der Waals surface area contributed by atoms with Crippen molar-refractivity contribution in [1.82, 2.24) is 14.7 Å². The molecule has 0 bridgehead atoms. The van der Waals surface area contributed by atoms with Gasteiger partial charge in [-0.2, -0.15) is 5.10 Å².